The maximum Gasteiger partial charge on any atom is 0.140 e. The number of benzene rings is 1. The highest BCUT2D eigenvalue weighted by atomic mass is 19.1. The van der Waals surface area contributed by atoms with Gasteiger partial charge in [0.05, 0.1) is 13.1 Å². The minimum atomic E-state index is -0.203. The lowest BCUT2D eigenvalue weighted by Crippen LogP contribution is -2.57. The summed E-state index contributed by atoms with van der Waals surface area (Å²) in [6, 6.07) is 6.65. The van der Waals surface area contributed by atoms with E-state index >= 15 is 0 Å². The van der Waals surface area contributed by atoms with Gasteiger partial charge in [-0.2, -0.15) is 0 Å². The Morgan fingerprint density at radius 3 is 2.45 bits per heavy atom. The number of halogens is 1. The van der Waals surface area contributed by atoms with Gasteiger partial charge in [0.25, 0.3) is 0 Å². The van der Waals surface area contributed by atoms with Crippen LogP contribution in [0.5, 0.6) is 0 Å². The molecule has 0 radical (unpaired) electrons. The number of carbonyl (C=O) groups excluding carboxylic acids is 1. The summed E-state index contributed by atoms with van der Waals surface area (Å²) >= 11 is 0. The number of nitrogens with zero attached hydrogens (tertiary/aromatic N) is 4. The highest BCUT2D eigenvalue weighted by molar-refractivity contribution is 5.52. The lowest BCUT2D eigenvalue weighted by Gasteiger charge is -2.43. The van der Waals surface area contributed by atoms with Crippen LogP contribution in [-0.4, -0.2) is 60.7 Å². The second-order valence-electron chi connectivity index (χ2n) is 5.71. The molecule has 0 aromatic heterocycles. The van der Waals surface area contributed by atoms with Gasteiger partial charge in [-0.1, -0.05) is 0 Å². The highest BCUT2D eigenvalue weighted by Gasteiger charge is 2.28. The van der Waals surface area contributed by atoms with Crippen molar-refractivity contribution in [2.24, 2.45) is 0 Å². The molecule has 2 aliphatic rings. The number of hydrogen-bond donors (Lipinski definition) is 0. The first-order valence-corrected chi connectivity index (χ1v) is 7.58. The largest absolute Gasteiger partial charge is 0.369 e. The van der Waals surface area contributed by atoms with Crippen molar-refractivity contribution in [3.63, 3.8) is 0 Å². The van der Waals surface area contributed by atoms with Gasteiger partial charge in [-0.15, -0.1) is 5.12 Å². The first-order chi connectivity index (χ1) is 10.7. The first kappa shape index (κ1) is 15.0. The molecule has 0 aliphatic carbocycles. The Kier molecular flexibility index (Phi) is 4.40. The Bertz CT molecular complexity index is 552. The summed E-state index contributed by atoms with van der Waals surface area (Å²) in [6.07, 6.45) is 2.96. The minimum absolute atomic E-state index is 0.203. The Hall–Kier alpha value is -1.92. The van der Waals surface area contributed by atoms with Crippen molar-refractivity contribution in [1.29, 1.82) is 0 Å². The van der Waals surface area contributed by atoms with Gasteiger partial charge >= 0.3 is 0 Å². The maximum atomic E-state index is 13.0. The van der Waals surface area contributed by atoms with Crippen molar-refractivity contribution in [1.82, 2.24) is 15.1 Å². The molecule has 0 unspecified atom stereocenters. The summed E-state index contributed by atoms with van der Waals surface area (Å²) in [5.74, 6) is -0.203. The fraction of sp³-hybridized carbons (Fsp3) is 0.438. The van der Waals surface area contributed by atoms with E-state index in [0.29, 0.717) is 6.54 Å². The highest BCUT2D eigenvalue weighted by Crippen LogP contribution is 2.21. The number of aldehydes is 1. The van der Waals surface area contributed by atoms with Crippen molar-refractivity contribution < 1.29 is 9.18 Å². The van der Waals surface area contributed by atoms with E-state index in [2.05, 4.69) is 22.0 Å². The van der Waals surface area contributed by atoms with Crippen molar-refractivity contribution in [2.45, 2.75) is 6.92 Å². The fourth-order valence-corrected chi connectivity index (χ4v) is 3.00. The number of rotatable bonds is 4. The molecule has 0 N–H and O–H groups in total. The van der Waals surface area contributed by atoms with E-state index in [4.69, 9.17) is 0 Å². The second-order valence-corrected chi connectivity index (χ2v) is 5.71. The SMILES string of the molecule is CC1=CN(CC=O)N(N2CCN(c3ccc(F)cc3)CC2)C1. The van der Waals surface area contributed by atoms with Crippen molar-refractivity contribution in [2.75, 3.05) is 44.2 Å². The van der Waals surface area contributed by atoms with Crippen LogP contribution in [0.2, 0.25) is 0 Å². The van der Waals surface area contributed by atoms with E-state index in [1.807, 2.05) is 23.3 Å². The van der Waals surface area contributed by atoms with E-state index < -0.39 is 0 Å². The van der Waals surface area contributed by atoms with Crippen LogP contribution in [0.1, 0.15) is 6.92 Å². The van der Waals surface area contributed by atoms with Gasteiger partial charge in [0.1, 0.15) is 12.1 Å². The molecule has 0 bridgehead atoms. The third-order valence-corrected chi connectivity index (χ3v) is 4.09. The van der Waals surface area contributed by atoms with Crippen LogP contribution in [0.4, 0.5) is 10.1 Å². The Morgan fingerprint density at radius 1 is 1.14 bits per heavy atom. The molecule has 6 heteroatoms. The average molecular weight is 304 g/mol. The fourth-order valence-electron chi connectivity index (χ4n) is 3.00. The van der Waals surface area contributed by atoms with Crippen LogP contribution in [0, 0.1) is 5.82 Å². The predicted molar refractivity (Wildman–Crippen MR) is 83.4 cm³/mol. The third kappa shape index (κ3) is 3.13. The van der Waals surface area contributed by atoms with E-state index in [1.54, 1.807) is 0 Å². The summed E-state index contributed by atoms with van der Waals surface area (Å²) in [4.78, 5) is 13.1. The standard InChI is InChI=1S/C16H21FN4O/c1-14-12-20(10-11-22)21(13-14)19-8-6-18(7-9-19)16-4-2-15(17)3-5-16/h2-5,11-12H,6-10,13H2,1H3. The molecule has 3 rings (SSSR count). The first-order valence-electron chi connectivity index (χ1n) is 7.58. The second kappa shape index (κ2) is 6.46. The van der Waals surface area contributed by atoms with Crippen molar-refractivity contribution in [3.8, 4) is 0 Å². The number of hydrogen-bond acceptors (Lipinski definition) is 5. The van der Waals surface area contributed by atoms with Crippen molar-refractivity contribution in [3.05, 3.63) is 41.9 Å². The van der Waals surface area contributed by atoms with E-state index in [-0.39, 0.29) is 5.82 Å². The molecule has 2 heterocycles. The number of hydrazine groups is 2. The Morgan fingerprint density at radius 2 is 1.82 bits per heavy atom. The van der Waals surface area contributed by atoms with Gasteiger partial charge in [-0.3, -0.25) is 5.01 Å². The minimum Gasteiger partial charge on any atom is -0.369 e. The molecule has 0 amide bonds. The topological polar surface area (TPSA) is 30.0 Å². The van der Waals surface area contributed by atoms with Crippen LogP contribution < -0.4 is 4.90 Å². The van der Waals surface area contributed by atoms with Crippen LogP contribution in [0.25, 0.3) is 0 Å². The predicted octanol–water partition coefficient (Wildman–Crippen LogP) is 1.50. The molecular weight excluding hydrogens is 283 g/mol. The molecular formula is C16H21FN4O. The zero-order chi connectivity index (χ0) is 15.5. The lowest BCUT2D eigenvalue weighted by molar-refractivity contribution is -0.149. The monoisotopic (exact) mass is 304 g/mol. The molecule has 5 nitrogen and oxygen atoms in total. The number of anilines is 1. The molecule has 22 heavy (non-hydrogen) atoms. The van der Waals surface area contributed by atoms with Gasteiger partial charge in [-0.05, 0) is 36.8 Å². The molecule has 1 aromatic rings. The molecule has 1 saturated heterocycles. The summed E-state index contributed by atoms with van der Waals surface area (Å²) < 4.78 is 13.0. The van der Waals surface area contributed by atoms with Gasteiger partial charge in [0.15, 0.2) is 0 Å². The zero-order valence-electron chi connectivity index (χ0n) is 12.8. The summed E-state index contributed by atoms with van der Waals surface area (Å²) in [6.45, 7) is 6.83. The molecule has 0 atom stereocenters. The maximum absolute atomic E-state index is 13.0. The van der Waals surface area contributed by atoms with Crippen LogP contribution in [0.3, 0.4) is 0 Å². The quantitative estimate of drug-likeness (QED) is 0.787. The van der Waals surface area contributed by atoms with E-state index in [0.717, 1.165) is 44.7 Å². The number of piperazine rings is 1. The molecule has 2 aliphatic heterocycles. The summed E-state index contributed by atoms with van der Waals surface area (Å²) in [7, 11) is 0. The Balaban J connectivity index is 1.59. The van der Waals surface area contributed by atoms with Gasteiger partial charge in [-0.25, -0.2) is 9.40 Å². The molecule has 118 valence electrons. The van der Waals surface area contributed by atoms with E-state index in [1.165, 1.54) is 17.7 Å². The smallest absolute Gasteiger partial charge is 0.140 e. The van der Waals surface area contributed by atoms with E-state index in [9.17, 15) is 9.18 Å². The zero-order valence-corrected chi connectivity index (χ0v) is 12.8. The van der Waals surface area contributed by atoms with Crippen molar-refractivity contribution >= 4 is 12.0 Å². The third-order valence-electron chi connectivity index (χ3n) is 4.09. The summed E-state index contributed by atoms with van der Waals surface area (Å²) in [5.41, 5.74) is 2.31. The summed E-state index contributed by atoms with van der Waals surface area (Å²) in [5, 5.41) is 6.39. The van der Waals surface area contributed by atoms with Gasteiger partial charge in [0, 0.05) is 38.1 Å². The molecule has 0 spiro atoms. The van der Waals surface area contributed by atoms with Gasteiger partial charge < -0.3 is 9.69 Å². The normalized spacial score (nSPS) is 20.4. The van der Waals surface area contributed by atoms with Crippen LogP contribution in [0.15, 0.2) is 36.0 Å². The molecule has 1 fully saturated rings. The lowest BCUT2D eigenvalue weighted by atomic mass is 10.2. The molecule has 1 aromatic carbocycles. The van der Waals surface area contributed by atoms with Gasteiger partial charge in [0.2, 0.25) is 0 Å². The Labute approximate surface area is 130 Å². The molecule has 0 saturated carbocycles. The number of carbonyl (C=O) groups is 1. The average Bonchev–Trinajstić information content (AvgIpc) is 2.89. The van der Waals surface area contributed by atoms with Crippen LogP contribution in [-0.2, 0) is 4.79 Å². The van der Waals surface area contributed by atoms with Crippen LogP contribution >= 0.6 is 0 Å².